The Morgan fingerprint density at radius 1 is 1.29 bits per heavy atom. The van der Waals surface area contributed by atoms with E-state index in [1.165, 1.54) is 19.3 Å². The van der Waals surface area contributed by atoms with Crippen molar-refractivity contribution in [1.29, 1.82) is 0 Å². The highest BCUT2D eigenvalue weighted by atomic mass is 16.4. The van der Waals surface area contributed by atoms with Crippen LogP contribution in [-0.4, -0.2) is 54.1 Å². The lowest BCUT2D eigenvalue weighted by molar-refractivity contribution is -0.138. The van der Waals surface area contributed by atoms with Crippen LogP contribution in [-0.2, 0) is 9.59 Å². The largest absolute Gasteiger partial charge is 0.480 e. The molecule has 1 aliphatic rings. The van der Waals surface area contributed by atoms with E-state index < -0.39 is 12.0 Å². The molecule has 4 N–H and O–H groups in total. The minimum atomic E-state index is -1.10. The molecule has 0 spiro atoms. The fraction of sp³-hybridized carbons (Fsp3) is 0.818. The van der Waals surface area contributed by atoms with Crippen molar-refractivity contribution in [2.24, 2.45) is 5.73 Å². The average Bonchev–Trinajstić information content (AvgIpc) is 2.34. The smallest absolute Gasteiger partial charge is 0.322 e. The molecule has 0 saturated carbocycles. The maximum Gasteiger partial charge on any atom is 0.322 e. The topological polar surface area (TPSA) is 95.7 Å². The number of hydrogen-bond acceptors (Lipinski definition) is 4. The molecule has 6 nitrogen and oxygen atoms in total. The van der Waals surface area contributed by atoms with Crippen LogP contribution in [0.2, 0.25) is 0 Å². The number of nitrogens with two attached hydrogens (primary N) is 1. The second kappa shape index (κ2) is 7.24. The summed E-state index contributed by atoms with van der Waals surface area (Å²) in [6, 6.07) is -1.02. The van der Waals surface area contributed by atoms with Crippen molar-refractivity contribution in [3.63, 3.8) is 0 Å². The molecule has 1 aliphatic heterocycles. The summed E-state index contributed by atoms with van der Waals surface area (Å²) in [5.41, 5.74) is 5.28. The van der Waals surface area contributed by atoms with E-state index in [1.807, 2.05) is 0 Å². The summed E-state index contributed by atoms with van der Waals surface area (Å²) in [5.74, 6) is -1.23. The molecule has 0 aromatic heterocycles. The molecule has 1 rings (SSSR count). The third-order valence-electron chi connectivity index (χ3n) is 2.94. The number of nitrogens with zero attached hydrogens (tertiary/aromatic N) is 1. The number of carbonyl (C=O) groups is 2. The highest BCUT2D eigenvalue weighted by Gasteiger charge is 2.14. The predicted molar refractivity (Wildman–Crippen MR) is 63.5 cm³/mol. The molecule has 0 aromatic carbocycles. The van der Waals surface area contributed by atoms with Gasteiger partial charge in [-0.05, 0) is 25.9 Å². The van der Waals surface area contributed by atoms with Gasteiger partial charge in [-0.1, -0.05) is 6.42 Å². The molecule has 0 radical (unpaired) electrons. The van der Waals surface area contributed by atoms with E-state index >= 15 is 0 Å². The van der Waals surface area contributed by atoms with Gasteiger partial charge >= 0.3 is 5.97 Å². The van der Waals surface area contributed by atoms with Gasteiger partial charge in [0.05, 0.1) is 0 Å². The zero-order chi connectivity index (χ0) is 12.7. The van der Waals surface area contributed by atoms with Crippen LogP contribution in [0.5, 0.6) is 0 Å². The molecule has 6 heteroatoms. The number of amides is 1. The third kappa shape index (κ3) is 5.65. The zero-order valence-corrected chi connectivity index (χ0v) is 10.0. The van der Waals surface area contributed by atoms with Crippen molar-refractivity contribution in [3.8, 4) is 0 Å². The van der Waals surface area contributed by atoms with E-state index in [4.69, 9.17) is 10.8 Å². The van der Waals surface area contributed by atoms with Crippen molar-refractivity contribution < 1.29 is 14.7 Å². The Kier molecular flexibility index (Phi) is 5.93. The standard InChI is InChI=1S/C11H21N3O3/c12-9(11(16)17)8-13-10(15)4-7-14-5-2-1-3-6-14/h9H,1-8,12H2,(H,13,15)(H,16,17)/t9-/m0/s1. The van der Waals surface area contributed by atoms with Crippen LogP contribution in [0.25, 0.3) is 0 Å². The number of carboxylic acids is 1. The minimum Gasteiger partial charge on any atom is -0.480 e. The number of aliphatic carboxylic acids is 1. The molecule has 1 amide bonds. The van der Waals surface area contributed by atoms with Crippen LogP contribution in [0.4, 0.5) is 0 Å². The highest BCUT2D eigenvalue weighted by Crippen LogP contribution is 2.08. The van der Waals surface area contributed by atoms with E-state index in [0.29, 0.717) is 6.42 Å². The summed E-state index contributed by atoms with van der Waals surface area (Å²) < 4.78 is 0. The van der Waals surface area contributed by atoms with Crippen molar-refractivity contribution in [1.82, 2.24) is 10.2 Å². The number of carboxylic acid groups (broad SMARTS) is 1. The molecule has 1 atom stereocenters. The Morgan fingerprint density at radius 2 is 1.94 bits per heavy atom. The number of rotatable bonds is 6. The summed E-state index contributed by atoms with van der Waals surface area (Å²) in [4.78, 5) is 24.1. The first-order valence-corrected chi connectivity index (χ1v) is 6.07. The summed E-state index contributed by atoms with van der Waals surface area (Å²) in [6.07, 6.45) is 4.08. The SMILES string of the molecule is N[C@@H](CNC(=O)CCN1CCCCC1)C(=O)O. The molecule has 0 unspecified atom stereocenters. The van der Waals surface area contributed by atoms with Crippen LogP contribution >= 0.6 is 0 Å². The molecule has 0 bridgehead atoms. The summed E-state index contributed by atoms with van der Waals surface area (Å²) >= 11 is 0. The van der Waals surface area contributed by atoms with E-state index in [9.17, 15) is 9.59 Å². The van der Waals surface area contributed by atoms with Gasteiger partial charge < -0.3 is 21.1 Å². The fourth-order valence-electron chi connectivity index (χ4n) is 1.84. The van der Waals surface area contributed by atoms with Crippen molar-refractivity contribution in [3.05, 3.63) is 0 Å². The molecule has 1 saturated heterocycles. The van der Waals surface area contributed by atoms with Crippen molar-refractivity contribution in [2.75, 3.05) is 26.2 Å². The van der Waals surface area contributed by atoms with Gasteiger partial charge in [0.15, 0.2) is 0 Å². The van der Waals surface area contributed by atoms with Gasteiger partial charge in [-0.3, -0.25) is 9.59 Å². The number of likely N-dealkylation sites (tertiary alicyclic amines) is 1. The molecule has 1 heterocycles. The van der Waals surface area contributed by atoms with Gasteiger partial charge in [-0.25, -0.2) is 0 Å². The lowest BCUT2D eigenvalue weighted by Crippen LogP contribution is -2.43. The number of piperidine rings is 1. The summed E-state index contributed by atoms with van der Waals surface area (Å²) in [5, 5.41) is 11.1. The Morgan fingerprint density at radius 3 is 2.53 bits per heavy atom. The summed E-state index contributed by atoms with van der Waals surface area (Å²) in [7, 11) is 0. The maximum absolute atomic E-state index is 11.4. The first-order chi connectivity index (χ1) is 8.09. The second-order valence-corrected chi connectivity index (χ2v) is 4.40. The Balaban J connectivity index is 2.10. The van der Waals surface area contributed by atoms with Crippen LogP contribution < -0.4 is 11.1 Å². The van der Waals surface area contributed by atoms with Crippen LogP contribution in [0.3, 0.4) is 0 Å². The van der Waals surface area contributed by atoms with Gasteiger partial charge in [-0.15, -0.1) is 0 Å². The Hall–Kier alpha value is -1.14. The van der Waals surface area contributed by atoms with Crippen molar-refractivity contribution in [2.45, 2.75) is 31.7 Å². The Bertz CT molecular complexity index is 265. The summed E-state index contributed by atoms with van der Waals surface area (Å²) in [6.45, 7) is 2.85. The van der Waals surface area contributed by atoms with Gasteiger partial charge in [0.25, 0.3) is 0 Å². The highest BCUT2D eigenvalue weighted by molar-refractivity contribution is 5.78. The van der Waals surface area contributed by atoms with E-state index in [1.54, 1.807) is 0 Å². The van der Waals surface area contributed by atoms with Crippen LogP contribution in [0.15, 0.2) is 0 Å². The molecule has 0 aromatic rings. The predicted octanol–water partition coefficient (Wildman–Crippen LogP) is -0.609. The van der Waals surface area contributed by atoms with Crippen LogP contribution in [0.1, 0.15) is 25.7 Å². The first kappa shape index (κ1) is 13.9. The minimum absolute atomic E-state index is 0.00579. The van der Waals surface area contributed by atoms with Crippen molar-refractivity contribution >= 4 is 11.9 Å². The molecular formula is C11H21N3O3. The molecular weight excluding hydrogens is 222 g/mol. The number of carbonyl (C=O) groups excluding carboxylic acids is 1. The average molecular weight is 243 g/mol. The molecule has 98 valence electrons. The monoisotopic (exact) mass is 243 g/mol. The van der Waals surface area contributed by atoms with Gasteiger partial charge in [0.2, 0.25) is 5.91 Å². The van der Waals surface area contributed by atoms with E-state index in [2.05, 4.69) is 10.2 Å². The lowest BCUT2D eigenvalue weighted by atomic mass is 10.1. The molecule has 1 fully saturated rings. The quantitative estimate of drug-likeness (QED) is 0.578. The van der Waals surface area contributed by atoms with E-state index in [-0.39, 0.29) is 12.5 Å². The lowest BCUT2D eigenvalue weighted by Gasteiger charge is -2.26. The third-order valence-corrected chi connectivity index (χ3v) is 2.94. The second-order valence-electron chi connectivity index (χ2n) is 4.40. The van der Waals surface area contributed by atoms with E-state index in [0.717, 1.165) is 19.6 Å². The molecule has 0 aliphatic carbocycles. The maximum atomic E-state index is 11.4. The Labute approximate surface area is 101 Å². The number of nitrogens with one attached hydrogen (secondary N) is 1. The van der Waals surface area contributed by atoms with Crippen LogP contribution in [0, 0.1) is 0 Å². The number of hydrogen-bond donors (Lipinski definition) is 3. The zero-order valence-electron chi connectivity index (χ0n) is 10.0. The van der Waals surface area contributed by atoms with Gasteiger partial charge in [-0.2, -0.15) is 0 Å². The van der Waals surface area contributed by atoms with Gasteiger partial charge in [0, 0.05) is 19.5 Å². The van der Waals surface area contributed by atoms with Gasteiger partial charge in [0.1, 0.15) is 6.04 Å². The fourth-order valence-corrected chi connectivity index (χ4v) is 1.84. The molecule has 17 heavy (non-hydrogen) atoms. The normalized spacial score (nSPS) is 18.6. The first-order valence-electron chi connectivity index (χ1n) is 6.07.